The van der Waals surface area contributed by atoms with Crippen molar-refractivity contribution >= 4 is 5.91 Å². The molecule has 0 heterocycles. The maximum absolute atomic E-state index is 12.2. The number of hydrogen-bond acceptors (Lipinski definition) is 1. The molecule has 18 heavy (non-hydrogen) atoms. The fraction of sp³-hybridized carbons (Fsp3) is 0.562. The number of carbonyl (C=O) groups is 1. The van der Waals surface area contributed by atoms with E-state index in [2.05, 4.69) is 31.3 Å². The molecule has 0 radical (unpaired) electrons. The second kappa shape index (κ2) is 6.03. The van der Waals surface area contributed by atoms with E-state index in [0.717, 1.165) is 18.8 Å². The zero-order chi connectivity index (χ0) is 13.0. The number of amides is 1. The Bertz CT molecular complexity index is 379. The summed E-state index contributed by atoms with van der Waals surface area (Å²) >= 11 is 0. The Kier molecular flexibility index (Phi) is 4.40. The van der Waals surface area contributed by atoms with Crippen molar-refractivity contribution in [2.45, 2.75) is 45.6 Å². The van der Waals surface area contributed by atoms with Gasteiger partial charge in [0.15, 0.2) is 0 Å². The smallest absolute Gasteiger partial charge is 0.223 e. The normalized spacial score (nSPS) is 25.4. The molecule has 0 saturated heterocycles. The minimum Gasteiger partial charge on any atom is -0.349 e. The molecule has 1 fully saturated rings. The number of rotatable bonds is 3. The van der Waals surface area contributed by atoms with Crippen LogP contribution in [0.4, 0.5) is 0 Å². The topological polar surface area (TPSA) is 29.1 Å². The molecular weight excluding hydrogens is 222 g/mol. The van der Waals surface area contributed by atoms with E-state index >= 15 is 0 Å². The second-order valence-corrected chi connectivity index (χ2v) is 5.60. The fourth-order valence-electron chi connectivity index (χ4n) is 2.68. The molecule has 1 amide bonds. The second-order valence-electron chi connectivity index (χ2n) is 5.60. The number of hydrogen-bond donors (Lipinski definition) is 1. The molecular formula is C16H23NO. The van der Waals surface area contributed by atoms with Crippen molar-refractivity contribution in [1.29, 1.82) is 0 Å². The van der Waals surface area contributed by atoms with Crippen LogP contribution >= 0.6 is 0 Å². The molecule has 98 valence electrons. The summed E-state index contributed by atoms with van der Waals surface area (Å²) in [5, 5.41) is 3.14. The summed E-state index contributed by atoms with van der Waals surface area (Å²) in [4.78, 5) is 12.2. The molecule has 1 aromatic carbocycles. The number of nitrogens with one attached hydrogen (secondary N) is 1. The van der Waals surface area contributed by atoms with Gasteiger partial charge in [-0.25, -0.2) is 0 Å². The lowest BCUT2D eigenvalue weighted by Crippen LogP contribution is -2.34. The highest BCUT2D eigenvalue weighted by atomic mass is 16.1. The van der Waals surface area contributed by atoms with E-state index in [1.165, 1.54) is 18.4 Å². The predicted octanol–water partition coefficient (Wildman–Crippen LogP) is 3.69. The van der Waals surface area contributed by atoms with Crippen LogP contribution in [0.25, 0.3) is 0 Å². The minimum atomic E-state index is 0.109. The van der Waals surface area contributed by atoms with Crippen LogP contribution in [0.3, 0.4) is 0 Å². The van der Waals surface area contributed by atoms with Crippen molar-refractivity contribution in [3.05, 3.63) is 35.9 Å². The van der Waals surface area contributed by atoms with Crippen molar-refractivity contribution in [3.8, 4) is 0 Å². The Morgan fingerprint density at radius 3 is 2.39 bits per heavy atom. The highest BCUT2D eigenvalue weighted by molar-refractivity contribution is 5.79. The third-order valence-corrected chi connectivity index (χ3v) is 4.04. The van der Waals surface area contributed by atoms with Crippen LogP contribution in [0.5, 0.6) is 0 Å². The average Bonchev–Trinajstić information content (AvgIpc) is 2.40. The first-order valence-corrected chi connectivity index (χ1v) is 7.02. The van der Waals surface area contributed by atoms with Crippen molar-refractivity contribution in [3.63, 3.8) is 0 Å². The lowest BCUT2D eigenvalue weighted by Gasteiger charge is -2.26. The van der Waals surface area contributed by atoms with Gasteiger partial charge in [-0.05, 0) is 44.1 Å². The first-order valence-electron chi connectivity index (χ1n) is 7.02. The molecule has 0 aliphatic heterocycles. The zero-order valence-electron chi connectivity index (χ0n) is 11.4. The molecule has 2 heteroatoms. The average molecular weight is 245 g/mol. The van der Waals surface area contributed by atoms with E-state index in [-0.39, 0.29) is 17.9 Å². The van der Waals surface area contributed by atoms with E-state index in [0.29, 0.717) is 0 Å². The van der Waals surface area contributed by atoms with Crippen molar-refractivity contribution in [2.75, 3.05) is 0 Å². The molecule has 1 aliphatic carbocycles. The summed E-state index contributed by atoms with van der Waals surface area (Å²) in [5.41, 5.74) is 1.18. The quantitative estimate of drug-likeness (QED) is 0.864. The molecule has 1 aliphatic rings. The Hall–Kier alpha value is -1.31. The lowest BCUT2D eigenvalue weighted by molar-refractivity contribution is -0.126. The van der Waals surface area contributed by atoms with Gasteiger partial charge in [0.2, 0.25) is 5.91 Å². The maximum Gasteiger partial charge on any atom is 0.223 e. The lowest BCUT2D eigenvalue weighted by atomic mass is 9.82. The fourth-order valence-corrected chi connectivity index (χ4v) is 2.68. The highest BCUT2D eigenvalue weighted by Crippen LogP contribution is 2.28. The van der Waals surface area contributed by atoms with Crippen LogP contribution in [0, 0.1) is 11.8 Å². The monoisotopic (exact) mass is 245 g/mol. The van der Waals surface area contributed by atoms with E-state index < -0.39 is 0 Å². The molecule has 1 atom stereocenters. The van der Waals surface area contributed by atoms with Gasteiger partial charge in [-0.1, -0.05) is 37.3 Å². The number of benzene rings is 1. The summed E-state index contributed by atoms with van der Waals surface area (Å²) in [6, 6.07) is 10.3. The van der Waals surface area contributed by atoms with Crippen LogP contribution in [-0.2, 0) is 4.79 Å². The van der Waals surface area contributed by atoms with Gasteiger partial charge in [0.05, 0.1) is 6.04 Å². The van der Waals surface area contributed by atoms with Crippen LogP contribution in [0.15, 0.2) is 30.3 Å². The molecule has 0 unspecified atom stereocenters. The third-order valence-electron chi connectivity index (χ3n) is 4.04. The maximum atomic E-state index is 12.2. The van der Waals surface area contributed by atoms with Gasteiger partial charge in [-0.15, -0.1) is 0 Å². The van der Waals surface area contributed by atoms with Gasteiger partial charge in [-0.2, -0.15) is 0 Å². The van der Waals surface area contributed by atoms with Crippen molar-refractivity contribution in [2.24, 2.45) is 11.8 Å². The summed E-state index contributed by atoms with van der Waals surface area (Å²) in [5.74, 6) is 1.26. The van der Waals surface area contributed by atoms with E-state index in [9.17, 15) is 4.79 Å². The molecule has 1 aromatic rings. The Labute approximate surface area is 110 Å². The van der Waals surface area contributed by atoms with Gasteiger partial charge in [0.25, 0.3) is 0 Å². The Morgan fingerprint density at radius 2 is 1.78 bits per heavy atom. The van der Waals surface area contributed by atoms with Crippen molar-refractivity contribution < 1.29 is 4.79 Å². The molecule has 1 saturated carbocycles. The molecule has 0 bridgehead atoms. The first kappa shape index (κ1) is 13.1. The van der Waals surface area contributed by atoms with Crippen LogP contribution < -0.4 is 5.32 Å². The van der Waals surface area contributed by atoms with E-state index in [4.69, 9.17) is 0 Å². The molecule has 0 spiro atoms. The Morgan fingerprint density at radius 1 is 1.17 bits per heavy atom. The zero-order valence-corrected chi connectivity index (χ0v) is 11.4. The standard InChI is InChI=1S/C16H23NO/c1-12-8-10-15(11-9-12)16(18)17-13(2)14-6-4-3-5-7-14/h3-7,12-13,15H,8-11H2,1-2H3,(H,17,18)/t12?,13-,15?/m0/s1. The predicted molar refractivity (Wildman–Crippen MR) is 74.1 cm³/mol. The number of carbonyl (C=O) groups excluding carboxylic acids is 1. The summed E-state index contributed by atoms with van der Waals surface area (Å²) in [7, 11) is 0. The molecule has 2 nitrogen and oxygen atoms in total. The first-order chi connectivity index (χ1) is 8.66. The summed E-state index contributed by atoms with van der Waals surface area (Å²) < 4.78 is 0. The summed E-state index contributed by atoms with van der Waals surface area (Å²) in [6.07, 6.45) is 4.48. The van der Waals surface area contributed by atoms with Gasteiger partial charge in [0, 0.05) is 5.92 Å². The van der Waals surface area contributed by atoms with Gasteiger partial charge >= 0.3 is 0 Å². The van der Waals surface area contributed by atoms with Gasteiger partial charge < -0.3 is 5.32 Å². The molecule has 1 N–H and O–H groups in total. The molecule has 2 rings (SSSR count). The van der Waals surface area contributed by atoms with Crippen LogP contribution in [0.1, 0.15) is 51.1 Å². The van der Waals surface area contributed by atoms with Crippen molar-refractivity contribution in [1.82, 2.24) is 5.32 Å². The SMILES string of the molecule is CC1CCC(C(=O)N[C@@H](C)c2ccccc2)CC1. The van der Waals surface area contributed by atoms with E-state index in [1.54, 1.807) is 0 Å². The van der Waals surface area contributed by atoms with Crippen LogP contribution in [0.2, 0.25) is 0 Å². The van der Waals surface area contributed by atoms with Gasteiger partial charge in [0.1, 0.15) is 0 Å². The highest BCUT2D eigenvalue weighted by Gasteiger charge is 2.25. The van der Waals surface area contributed by atoms with Gasteiger partial charge in [-0.3, -0.25) is 4.79 Å². The third kappa shape index (κ3) is 3.34. The largest absolute Gasteiger partial charge is 0.349 e. The van der Waals surface area contributed by atoms with E-state index in [1.807, 2.05) is 18.2 Å². The summed E-state index contributed by atoms with van der Waals surface area (Å²) in [6.45, 7) is 4.33. The minimum absolute atomic E-state index is 0.109. The van der Waals surface area contributed by atoms with Crippen LogP contribution in [-0.4, -0.2) is 5.91 Å². The Balaban J connectivity index is 1.87. The molecule has 0 aromatic heterocycles.